The van der Waals surface area contributed by atoms with Crippen LogP contribution in [0.15, 0.2) is 54.6 Å². The maximum absolute atomic E-state index is 12.5. The predicted molar refractivity (Wildman–Crippen MR) is 106 cm³/mol. The molecule has 0 saturated carbocycles. The molecule has 28 heavy (non-hydrogen) atoms. The summed E-state index contributed by atoms with van der Waals surface area (Å²) in [5.74, 6) is 1.10. The summed E-state index contributed by atoms with van der Waals surface area (Å²) in [7, 11) is 0. The van der Waals surface area contributed by atoms with Crippen LogP contribution in [0.25, 0.3) is 5.69 Å². The van der Waals surface area contributed by atoms with Crippen LogP contribution in [0.1, 0.15) is 28.7 Å². The molecular weight excluding hydrogens is 356 g/mol. The molecule has 0 saturated heterocycles. The van der Waals surface area contributed by atoms with Gasteiger partial charge in [-0.1, -0.05) is 18.2 Å². The summed E-state index contributed by atoms with van der Waals surface area (Å²) in [6.07, 6.45) is 0. The van der Waals surface area contributed by atoms with Crippen LogP contribution in [0.5, 0.6) is 11.5 Å². The van der Waals surface area contributed by atoms with Crippen molar-refractivity contribution < 1.29 is 19.0 Å². The highest BCUT2D eigenvalue weighted by Crippen LogP contribution is 2.19. The second-order valence-electron chi connectivity index (χ2n) is 6.18. The predicted octanol–water partition coefficient (Wildman–Crippen LogP) is 4.12. The Hall–Kier alpha value is -3.28. The lowest BCUT2D eigenvalue weighted by molar-refractivity contribution is 0.0448. The summed E-state index contributed by atoms with van der Waals surface area (Å²) in [6, 6.07) is 17.0. The Balaban J connectivity index is 1.56. The van der Waals surface area contributed by atoms with Gasteiger partial charge in [-0.3, -0.25) is 0 Å². The number of rotatable bonds is 8. The number of carbonyl (C=O) groups excluding carboxylic acids is 1. The van der Waals surface area contributed by atoms with E-state index >= 15 is 0 Å². The van der Waals surface area contributed by atoms with Gasteiger partial charge in [0.05, 0.1) is 23.7 Å². The molecule has 0 unspecified atom stereocenters. The molecule has 146 valence electrons. The van der Waals surface area contributed by atoms with E-state index in [4.69, 9.17) is 14.2 Å². The van der Waals surface area contributed by atoms with Gasteiger partial charge in [0, 0.05) is 0 Å². The van der Waals surface area contributed by atoms with Crippen LogP contribution in [0, 0.1) is 13.8 Å². The van der Waals surface area contributed by atoms with Crippen LogP contribution in [0.3, 0.4) is 0 Å². The van der Waals surface area contributed by atoms with Gasteiger partial charge < -0.3 is 14.2 Å². The van der Waals surface area contributed by atoms with Crippen LogP contribution in [-0.2, 0) is 4.74 Å². The van der Waals surface area contributed by atoms with E-state index < -0.39 is 5.97 Å². The SMILES string of the molecule is CCOc1ccc(OCCOC(=O)c2c(C)nn(-c3ccccc3)c2C)cc1. The summed E-state index contributed by atoms with van der Waals surface area (Å²) < 4.78 is 18.1. The lowest BCUT2D eigenvalue weighted by Gasteiger charge is -2.09. The fourth-order valence-electron chi connectivity index (χ4n) is 2.92. The van der Waals surface area contributed by atoms with Crippen LogP contribution in [-0.4, -0.2) is 35.6 Å². The quantitative estimate of drug-likeness (QED) is 0.434. The molecule has 0 atom stereocenters. The molecule has 0 aliphatic heterocycles. The lowest BCUT2D eigenvalue weighted by atomic mass is 10.2. The minimum Gasteiger partial charge on any atom is -0.494 e. The average Bonchev–Trinajstić information content (AvgIpc) is 3.01. The number of carbonyl (C=O) groups is 1. The molecule has 0 fully saturated rings. The fraction of sp³-hybridized carbons (Fsp3) is 0.273. The first-order valence-electron chi connectivity index (χ1n) is 9.24. The van der Waals surface area contributed by atoms with Gasteiger partial charge in [0.25, 0.3) is 0 Å². The second-order valence-corrected chi connectivity index (χ2v) is 6.18. The maximum atomic E-state index is 12.5. The molecule has 0 aliphatic rings. The first-order chi connectivity index (χ1) is 13.6. The summed E-state index contributed by atoms with van der Waals surface area (Å²) in [5.41, 5.74) is 2.78. The summed E-state index contributed by atoms with van der Waals surface area (Å²) in [5, 5.41) is 4.47. The van der Waals surface area contributed by atoms with Gasteiger partial charge in [0.1, 0.15) is 30.3 Å². The van der Waals surface area contributed by atoms with E-state index in [-0.39, 0.29) is 13.2 Å². The van der Waals surface area contributed by atoms with E-state index in [1.54, 1.807) is 11.6 Å². The molecule has 1 heterocycles. The Bertz CT molecular complexity index is 918. The fourth-order valence-corrected chi connectivity index (χ4v) is 2.92. The molecule has 3 rings (SSSR count). The molecule has 2 aromatic carbocycles. The van der Waals surface area contributed by atoms with E-state index in [9.17, 15) is 4.79 Å². The highest BCUT2D eigenvalue weighted by atomic mass is 16.6. The minimum atomic E-state index is -0.396. The monoisotopic (exact) mass is 380 g/mol. The number of esters is 1. The average molecular weight is 380 g/mol. The van der Waals surface area contributed by atoms with Gasteiger partial charge in [-0.2, -0.15) is 5.10 Å². The van der Waals surface area contributed by atoms with Crippen molar-refractivity contribution in [2.75, 3.05) is 19.8 Å². The zero-order chi connectivity index (χ0) is 19.9. The normalized spacial score (nSPS) is 10.5. The summed E-state index contributed by atoms with van der Waals surface area (Å²) in [6.45, 7) is 6.65. The van der Waals surface area contributed by atoms with Gasteiger partial charge in [-0.25, -0.2) is 9.48 Å². The number of benzene rings is 2. The van der Waals surface area contributed by atoms with E-state index in [1.807, 2.05) is 68.4 Å². The Labute approximate surface area is 164 Å². The van der Waals surface area contributed by atoms with Crippen molar-refractivity contribution in [3.8, 4) is 17.2 Å². The van der Waals surface area contributed by atoms with Crippen LogP contribution < -0.4 is 9.47 Å². The lowest BCUT2D eigenvalue weighted by Crippen LogP contribution is -2.14. The molecule has 0 radical (unpaired) electrons. The molecule has 3 aromatic rings. The van der Waals surface area contributed by atoms with Gasteiger partial charge in [-0.05, 0) is 57.2 Å². The van der Waals surface area contributed by atoms with Crippen molar-refractivity contribution in [2.45, 2.75) is 20.8 Å². The Morgan fingerprint density at radius 3 is 2.21 bits per heavy atom. The third-order valence-electron chi connectivity index (χ3n) is 4.22. The zero-order valence-electron chi connectivity index (χ0n) is 16.3. The molecule has 0 bridgehead atoms. The topological polar surface area (TPSA) is 62.6 Å². The Kier molecular flexibility index (Phi) is 6.32. The van der Waals surface area contributed by atoms with Gasteiger partial charge in [0.2, 0.25) is 0 Å². The highest BCUT2D eigenvalue weighted by molar-refractivity contribution is 5.92. The molecule has 6 heteroatoms. The molecule has 0 aliphatic carbocycles. The van der Waals surface area contributed by atoms with Crippen molar-refractivity contribution in [1.29, 1.82) is 0 Å². The van der Waals surface area contributed by atoms with Crippen LogP contribution >= 0.6 is 0 Å². The molecule has 6 nitrogen and oxygen atoms in total. The number of aromatic nitrogens is 2. The number of para-hydroxylation sites is 1. The third kappa shape index (κ3) is 4.52. The van der Waals surface area contributed by atoms with Crippen molar-refractivity contribution in [2.24, 2.45) is 0 Å². The van der Waals surface area contributed by atoms with E-state index in [0.29, 0.717) is 23.6 Å². The number of nitrogens with zero attached hydrogens (tertiary/aromatic N) is 2. The van der Waals surface area contributed by atoms with Crippen molar-refractivity contribution in [3.63, 3.8) is 0 Å². The summed E-state index contributed by atoms with van der Waals surface area (Å²) >= 11 is 0. The number of ether oxygens (including phenoxy) is 3. The van der Waals surface area contributed by atoms with E-state index in [1.165, 1.54) is 0 Å². The first-order valence-corrected chi connectivity index (χ1v) is 9.24. The van der Waals surface area contributed by atoms with Crippen LogP contribution in [0.4, 0.5) is 0 Å². The largest absolute Gasteiger partial charge is 0.494 e. The molecule has 0 amide bonds. The highest BCUT2D eigenvalue weighted by Gasteiger charge is 2.20. The van der Waals surface area contributed by atoms with Gasteiger partial charge >= 0.3 is 5.97 Å². The second kappa shape index (κ2) is 9.08. The van der Waals surface area contributed by atoms with Gasteiger partial charge in [-0.15, -0.1) is 0 Å². The van der Waals surface area contributed by atoms with Gasteiger partial charge in [0.15, 0.2) is 0 Å². The minimum absolute atomic E-state index is 0.154. The van der Waals surface area contributed by atoms with Crippen LogP contribution in [0.2, 0.25) is 0 Å². The van der Waals surface area contributed by atoms with E-state index in [2.05, 4.69) is 5.10 Å². The van der Waals surface area contributed by atoms with Crippen molar-refractivity contribution in [3.05, 3.63) is 71.5 Å². The standard InChI is InChI=1S/C22H24N2O4/c1-4-26-19-10-12-20(13-11-19)27-14-15-28-22(25)21-16(2)23-24(17(21)3)18-8-6-5-7-9-18/h5-13H,4,14-15H2,1-3H3. The number of hydrogen-bond acceptors (Lipinski definition) is 5. The smallest absolute Gasteiger partial charge is 0.342 e. The number of hydrogen-bond donors (Lipinski definition) is 0. The number of aryl methyl sites for hydroxylation is 1. The molecular formula is C22H24N2O4. The maximum Gasteiger partial charge on any atom is 0.342 e. The van der Waals surface area contributed by atoms with Crippen molar-refractivity contribution in [1.82, 2.24) is 9.78 Å². The molecule has 1 aromatic heterocycles. The Morgan fingerprint density at radius 1 is 0.929 bits per heavy atom. The third-order valence-corrected chi connectivity index (χ3v) is 4.22. The first kappa shape index (κ1) is 19.5. The molecule has 0 spiro atoms. The Morgan fingerprint density at radius 2 is 1.57 bits per heavy atom. The molecule has 0 N–H and O–H groups in total. The van der Waals surface area contributed by atoms with Crippen molar-refractivity contribution >= 4 is 5.97 Å². The zero-order valence-corrected chi connectivity index (χ0v) is 16.3. The van der Waals surface area contributed by atoms with E-state index in [0.717, 1.165) is 17.1 Å². The summed E-state index contributed by atoms with van der Waals surface area (Å²) in [4.78, 5) is 12.5.